The number of benzene rings is 1. The zero-order chi connectivity index (χ0) is 16.9. The molecule has 1 aliphatic heterocycles. The number of carbonyl (C=O) groups excluding carboxylic acids is 2. The maximum absolute atomic E-state index is 12.3. The smallest absolute Gasteiger partial charge is 0.319 e. The Bertz CT molecular complexity index is 698. The average Bonchev–Trinajstić information content (AvgIpc) is 3.46. The van der Waals surface area contributed by atoms with Gasteiger partial charge in [0.25, 0.3) is 0 Å². The van der Waals surface area contributed by atoms with Gasteiger partial charge in [-0.2, -0.15) is 0 Å². The highest BCUT2D eigenvalue weighted by molar-refractivity contribution is 6.05. The lowest BCUT2D eigenvalue weighted by Gasteiger charge is -2.18. The van der Waals surface area contributed by atoms with Gasteiger partial charge in [-0.25, -0.2) is 0 Å². The second-order valence-electron chi connectivity index (χ2n) is 7.13. The van der Waals surface area contributed by atoms with Crippen molar-refractivity contribution in [3.8, 4) is 0 Å². The van der Waals surface area contributed by atoms with E-state index in [0.717, 1.165) is 6.42 Å². The van der Waals surface area contributed by atoms with E-state index in [1.54, 1.807) is 0 Å². The Morgan fingerprint density at radius 1 is 1.21 bits per heavy atom. The van der Waals surface area contributed by atoms with Crippen LogP contribution < -0.4 is 5.32 Å². The van der Waals surface area contributed by atoms with Gasteiger partial charge in [0, 0.05) is 24.9 Å². The van der Waals surface area contributed by atoms with Crippen molar-refractivity contribution in [3.63, 3.8) is 0 Å². The van der Waals surface area contributed by atoms with Crippen LogP contribution in [0.3, 0.4) is 0 Å². The summed E-state index contributed by atoms with van der Waals surface area (Å²) in [5.41, 5.74) is -0.00611. The first-order valence-corrected chi connectivity index (χ1v) is 8.40. The molecule has 1 aromatic carbocycles. The third-order valence-corrected chi connectivity index (χ3v) is 5.47. The van der Waals surface area contributed by atoms with Gasteiger partial charge < -0.3 is 15.3 Å². The maximum atomic E-state index is 12.3. The molecule has 0 spiro atoms. The quantitative estimate of drug-likeness (QED) is 0.793. The van der Waals surface area contributed by atoms with Crippen LogP contribution in [-0.4, -0.2) is 46.4 Å². The molecule has 4 rings (SSSR count). The summed E-state index contributed by atoms with van der Waals surface area (Å²) >= 11 is 0. The van der Waals surface area contributed by atoms with Gasteiger partial charge in [-0.05, 0) is 24.8 Å². The molecule has 2 amide bonds. The molecule has 1 heterocycles. The molecule has 0 bridgehead atoms. The Hall–Kier alpha value is -2.37. The van der Waals surface area contributed by atoms with Crippen molar-refractivity contribution in [2.24, 2.45) is 5.41 Å². The fraction of sp³-hybridized carbons (Fsp3) is 0.500. The number of likely N-dealkylation sites (tertiary alicyclic amines) is 1. The summed E-state index contributed by atoms with van der Waals surface area (Å²) in [6, 6.07) is 10.1. The molecule has 3 atom stereocenters. The molecule has 3 unspecified atom stereocenters. The lowest BCUT2D eigenvalue weighted by Crippen LogP contribution is -2.44. The molecule has 6 heteroatoms. The van der Waals surface area contributed by atoms with Crippen molar-refractivity contribution in [1.82, 2.24) is 10.2 Å². The third kappa shape index (κ3) is 2.46. The zero-order valence-corrected chi connectivity index (χ0v) is 13.3. The number of amides is 2. The zero-order valence-electron chi connectivity index (χ0n) is 13.3. The SMILES string of the molecule is O=C1CC(NC(=O)C2(C(=O)O)CC2)CN1C1CC1c1ccccc1. The van der Waals surface area contributed by atoms with Crippen molar-refractivity contribution < 1.29 is 19.5 Å². The first-order valence-electron chi connectivity index (χ1n) is 8.40. The Morgan fingerprint density at radius 2 is 1.92 bits per heavy atom. The van der Waals surface area contributed by atoms with Gasteiger partial charge in [0.05, 0.1) is 6.04 Å². The molecule has 6 nitrogen and oxygen atoms in total. The molecule has 1 aromatic rings. The Balaban J connectivity index is 1.36. The van der Waals surface area contributed by atoms with Crippen LogP contribution >= 0.6 is 0 Å². The fourth-order valence-electron chi connectivity index (χ4n) is 3.72. The normalized spacial score (nSPS) is 30.1. The number of carbonyl (C=O) groups is 3. The largest absolute Gasteiger partial charge is 0.480 e. The van der Waals surface area contributed by atoms with E-state index in [9.17, 15) is 19.5 Å². The van der Waals surface area contributed by atoms with E-state index in [-0.39, 0.29) is 24.4 Å². The molecule has 24 heavy (non-hydrogen) atoms. The minimum absolute atomic E-state index is 0.0453. The molecule has 0 radical (unpaired) electrons. The van der Waals surface area contributed by atoms with E-state index in [4.69, 9.17) is 0 Å². The maximum Gasteiger partial charge on any atom is 0.319 e. The van der Waals surface area contributed by atoms with Gasteiger partial charge in [0.1, 0.15) is 5.41 Å². The highest BCUT2D eigenvalue weighted by atomic mass is 16.4. The number of carboxylic acids is 1. The van der Waals surface area contributed by atoms with Crippen molar-refractivity contribution >= 4 is 17.8 Å². The Labute approximate surface area is 139 Å². The van der Waals surface area contributed by atoms with Crippen LogP contribution in [0.1, 0.15) is 37.2 Å². The molecular weight excluding hydrogens is 308 g/mol. The van der Waals surface area contributed by atoms with Crippen LogP contribution in [0.25, 0.3) is 0 Å². The van der Waals surface area contributed by atoms with Crippen LogP contribution in [-0.2, 0) is 14.4 Å². The number of rotatable bonds is 5. The molecule has 2 aliphatic carbocycles. The number of aliphatic carboxylic acids is 1. The number of hydrogen-bond acceptors (Lipinski definition) is 3. The second-order valence-corrected chi connectivity index (χ2v) is 7.13. The second kappa shape index (κ2) is 5.33. The summed E-state index contributed by atoms with van der Waals surface area (Å²) in [4.78, 5) is 37.5. The summed E-state index contributed by atoms with van der Waals surface area (Å²) < 4.78 is 0. The van der Waals surface area contributed by atoms with Crippen LogP contribution in [0.5, 0.6) is 0 Å². The number of hydrogen-bond donors (Lipinski definition) is 2. The van der Waals surface area contributed by atoms with Crippen molar-refractivity contribution in [2.75, 3.05) is 6.54 Å². The van der Waals surface area contributed by atoms with Crippen molar-refractivity contribution in [2.45, 2.75) is 43.7 Å². The summed E-state index contributed by atoms with van der Waals surface area (Å²) in [6.45, 7) is 0.480. The van der Waals surface area contributed by atoms with E-state index < -0.39 is 17.3 Å². The standard InChI is InChI=1S/C18H20N2O4/c21-15-8-12(19-16(22)18(6-7-18)17(23)24)10-20(15)14-9-13(14)11-4-2-1-3-5-11/h1-5,12-14H,6-10H2,(H,19,22)(H,23,24). The lowest BCUT2D eigenvalue weighted by molar-refractivity contribution is -0.149. The van der Waals surface area contributed by atoms with Crippen LogP contribution in [0.2, 0.25) is 0 Å². The van der Waals surface area contributed by atoms with E-state index in [2.05, 4.69) is 17.4 Å². The number of nitrogens with one attached hydrogen (secondary N) is 1. The fourth-order valence-corrected chi connectivity index (χ4v) is 3.72. The van der Waals surface area contributed by atoms with Crippen LogP contribution in [0.15, 0.2) is 30.3 Å². The van der Waals surface area contributed by atoms with Gasteiger partial charge in [0.2, 0.25) is 11.8 Å². The van der Waals surface area contributed by atoms with Gasteiger partial charge in [-0.3, -0.25) is 14.4 Å². The summed E-state index contributed by atoms with van der Waals surface area (Å²) in [6.07, 6.45) is 1.99. The molecule has 3 fully saturated rings. The molecule has 0 aromatic heterocycles. The highest BCUT2D eigenvalue weighted by Crippen LogP contribution is 2.47. The average molecular weight is 328 g/mol. The number of carboxylic acid groups (broad SMARTS) is 1. The molecule has 3 aliphatic rings. The number of nitrogens with zero attached hydrogens (tertiary/aromatic N) is 1. The van der Waals surface area contributed by atoms with Crippen LogP contribution in [0.4, 0.5) is 0 Å². The lowest BCUT2D eigenvalue weighted by atomic mass is 10.1. The molecule has 2 N–H and O–H groups in total. The molecular formula is C18H20N2O4. The van der Waals surface area contributed by atoms with Gasteiger partial charge in [-0.15, -0.1) is 0 Å². The first-order chi connectivity index (χ1) is 11.5. The minimum atomic E-state index is -1.25. The van der Waals surface area contributed by atoms with Crippen LogP contribution in [0, 0.1) is 5.41 Å². The topological polar surface area (TPSA) is 86.7 Å². The van der Waals surface area contributed by atoms with Gasteiger partial charge >= 0.3 is 5.97 Å². The molecule has 2 saturated carbocycles. The summed E-state index contributed by atoms with van der Waals surface area (Å²) in [5, 5.41) is 12.0. The summed E-state index contributed by atoms with van der Waals surface area (Å²) in [7, 11) is 0. The van der Waals surface area contributed by atoms with E-state index in [0.29, 0.717) is 25.3 Å². The highest BCUT2D eigenvalue weighted by Gasteiger charge is 2.58. The first kappa shape index (κ1) is 15.2. The van der Waals surface area contributed by atoms with E-state index >= 15 is 0 Å². The predicted octanol–water partition coefficient (Wildman–Crippen LogP) is 1.12. The third-order valence-electron chi connectivity index (χ3n) is 5.47. The predicted molar refractivity (Wildman–Crippen MR) is 85.2 cm³/mol. The summed E-state index contributed by atoms with van der Waals surface area (Å²) in [5.74, 6) is -1.08. The van der Waals surface area contributed by atoms with Gasteiger partial charge in [-0.1, -0.05) is 30.3 Å². The Morgan fingerprint density at radius 3 is 2.54 bits per heavy atom. The molecule has 126 valence electrons. The molecule has 1 saturated heterocycles. The van der Waals surface area contributed by atoms with E-state index in [1.165, 1.54) is 5.56 Å². The van der Waals surface area contributed by atoms with Crippen molar-refractivity contribution in [1.29, 1.82) is 0 Å². The monoisotopic (exact) mass is 328 g/mol. The van der Waals surface area contributed by atoms with E-state index in [1.807, 2.05) is 23.1 Å². The van der Waals surface area contributed by atoms with Crippen molar-refractivity contribution in [3.05, 3.63) is 35.9 Å². The van der Waals surface area contributed by atoms with Gasteiger partial charge in [0.15, 0.2) is 0 Å². The Kier molecular flexibility index (Phi) is 3.37. The minimum Gasteiger partial charge on any atom is -0.480 e.